The molecule has 1 aliphatic rings. The summed E-state index contributed by atoms with van der Waals surface area (Å²) in [7, 11) is 0. The Kier molecular flexibility index (Phi) is 20.1. The number of urea groups is 1. The minimum absolute atomic E-state index is 0.133. The first-order valence-corrected chi connectivity index (χ1v) is 16.3. The Hall–Kier alpha value is -2.29. The first kappa shape index (κ1) is 34.7. The summed E-state index contributed by atoms with van der Waals surface area (Å²) < 4.78 is 0. The van der Waals surface area contributed by atoms with E-state index in [4.69, 9.17) is 0 Å². The van der Waals surface area contributed by atoms with Crippen LogP contribution in [0.1, 0.15) is 97.3 Å². The Morgan fingerprint density at radius 2 is 1.69 bits per heavy atom. The normalized spacial score (nSPS) is 20.6. The summed E-state index contributed by atoms with van der Waals surface area (Å²) in [5, 5.41) is 11.3. The van der Waals surface area contributed by atoms with Gasteiger partial charge in [0.1, 0.15) is 12.1 Å². The molecule has 3 atom stereocenters. The monoisotopic (exact) mass is 564 g/mol. The molecule has 0 aromatic rings. The van der Waals surface area contributed by atoms with Crippen molar-refractivity contribution < 1.29 is 19.2 Å². The van der Waals surface area contributed by atoms with Gasteiger partial charge in [0.25, 0.3) is 0 Å². The van der Waals surface area contributed by atoms with Crippen LogP contribution in [0.4, 0.5) is 4.79 Å². The number of Topliss-reactive ketones (excluding diaryl/α,β-unsaturated/α-hetero) is 1. The first-order valence-electron chi connectivity index (χ1n) is 14.9. The van der Waals surface area contributed by atoms with Gasteiger partial charge in [0, 0.05) is 19.5 Å². The zero-order valence-electron chi connectivity index (χ0n) is 24.4. The van der Waals surface area contributed by atoms with Crippen LogP contribution in [0.2, 0.25) is 0 Å². The van der Waals surface area contributed by atoms with Crippen LogP contribution in [-0.4, -0.2) is 60.8 Å². The molecule has 0 bridgehead atoms. The number of amides is 4. The third-order valence-electron chi connectivity index (χ3n) is 6.73. The third-order valence-corrected chi connectivity index (χ3v) is 7.38. The van der Waals surface area contributed by atoms with Crippen molar-refractivity contribution in [3.8, 4) is 0 Å². The van der Waals surface area contributed by atoms with Gasteiger partial charge in [0.15, 0.2) is 5.78 Å². The number of thioether (sulfide) groups is 1. The number of carbonyl (C=O) groups is 4. The minimum atomic E-state index is -0.781. The molecule has 4 amide bonds. The largest absolute Gasteiger partial charge is 0.352 e. The zero-order chi connectivity index (χ0) is 28.7. The topological polar surface area (TPSA) is 116 Å². The molecule has 1 rings (SSSR count). The van der Waals surface area contributed by atoms with Crippen molar-refractivity contribution in [2.24, 2.45) is 5.92 Å². The lowest BCUT2D eigenvalue weighted by atomic mass is 9.98. The van der Waals surface area contributed by atoms with E-state index in [0.717, 1.165) is 12.8 Å². The number of hydrogen-bond acceptors (Lipinski definition) is 5. The number of nitrogens with one attached hydrogen (secondary N) is 4. The molecule has 1 aliphatic heterocycles. The molecule has 0 spiro atoms. The molecule has 8 nitrogen and oxygen atoms in total. The molecule has 0 aliphatic carbocycles. The van der Waals surface area contributed by atoms with E-state index in [1.54, 1.807) is 30.0 Å². The van der Waals surface area contributed by atoms with Crippen LogP contribution >= 0.6 is 11.8 Å². The minimum Gasteiger partial charge on any atom is -0.352 e. The number of carbonyl (C=O) groups excluding carboxylic acids is 4. The number of ketones is 1. The van der Waals surface area contributed by atoms with Crippen molar-refractivity contribution in [1.82, 2.24) is 21.3 Å². The lowest BCUT2D eigenvalue weighted by Gasteiger charge is -2.22. The van der Waals surface area contributed by atoms with Crippen LogP contribution in [0, 0.1) is 5.92 Å². The second-order valence-electron chi connectivity index (χ2n) is 10.4. The van der Waals surface area contributed by atoms with E-state index in [0.29, 0.717) is 31.7 Å². The molecular weight excluding hydrogens is 512 g/mol. The second-order valence-corrected chi connectivity index (χ2v) is 11.4. The summed E-state index contributed by atoms with van der Waals surface area (Å²) in [6.45, 7) is 5.11. The van der Waals surface area contributed by atoms with Crippen LogP contribution in [0.5, 0.6) is 0 Å². The Morgan fingerprint density at radius 1 is 1.03 bits per heavy atom. The van der Waals surface area contributed by atoms with Gasteiger partial charge in [-0.05, 0) is 43.3 Å². The van der Waals surface area contributed by atoms with E-state index in [1.165, 1.54) is 57.4 Å². The Morgan fingerprint density at radius 3 is 2.36 bits per heavy atom. The van der Waals surface area contributed by atoms with E-state index >= 15 is 0 Å². The Bertz CT molecular complexity index is 787. The van der Waals surface area contributed by atoms with Crippen molar-refractivity contribution in [3.63, 3.8) is 0 Å². The van der Waals surface area contributed by atoms with Gasteiger partial charge in [0.05, 0.1) is 0 Å². The van der Waals surface area contributed by atoms with Gasteiger partial charge in [0.2, 0.25) is 11.8 Å². The standard InChI is InChI=1S/C30H52N4O4S/c1-4-5-6-7-8-9-10-11-12-14-21-32-30(38)34-26(19-22-39-3)29(37)33-25-16-13-15-20-31-28(36)18-17-24(2)23-27(25)35/h13,16-18,24-26H,4-12,14-15,19-23H2,1-3H3,(H,31,36)(H,33,37)(H2,32,34,38)/b16-13+,18-17+/t24-,25-,26?/m0/s1. The Balaban J connectivity index is 2.51. The molecule has 4 N–H and O–H groups in total. The molecule has 39 heavy (non-hydrogen) atoms. The molecule has 222 valence electrons. The van der Waals surface area contributed by atoms with Gasteiger partial charge in [-0.2, -0.15) is 11.8 Å². The van der Waals surface area contributed by atoms with Crippen molar-refractivity contribution in [2.75, 3.05) is 25.1 Å². The number of allylic oxidation sites excluding steroid dienone is 1. The maximum atomic E-state index is 13.1. The summed E-state index contributed by atoms with van der Waals surface area (Å²) in [5.74, 6) is -0.122. The summed E-state index contributed by atoms with van der Waals surface area (Å²) in [4.78, 5) is 50.4. The van der Waals surface area contributed by atoms with Crippen molar-refractivity contribution in [1.29, 1.82) is 0 Å². The lowest BCUT2D eigenvalue weighted by molar-refractivity contribution is -0.128. The molecule has 1 heterocycles. The van der Waals surface area contributed by atoms with Crippen LogP contribution in [0.25, 0.3) is 0 Å². The summed E-state index contributed by atoms with van der Waals surface area (Å²) >= 11 is 1.60. The zero-order valence-corrected chi connectivity index (χ0v) is 25.2. The molecular formula is C30H52N4O4S. The summed E-state index contributed by atoms with van der Waals surface area (Å²) in [6.07, 6.45) is 22.1. The molecule has 9 heteroatoms. The first-order chi connectivity index (χ1) is 18.9. The van der Waals surface area contributed by atoms with Crippen molar-refractivity contribution in [3.05, 3.63) is 24.3 Å². The van der Waals surface area contributed by atoms with Crippen LogP contribution < -0.4 is 21.3 Å². The number of hydrogen-bond donors (Lipinski definition) is 4. The number of rotatable bonds is 17. The lowest BCUT2D eigenvalue weighted by Crippen LogP contribution is -2.53. The fourth-order valence-electron chi connectivity index (χ4n) is 4.35. The second kappa shape index (κ2) is 22.5. The van der Waals surface area contributed by atoms with E-state index in [1.807, 2.05) is 13.2 Å². The SMILES string of the molecule is CCCCCCCCCCCCNC(=O)NC(CCSC)C(=O)N[C@H]1/C=C/CCNC(=O)/C=C/[C@H](C)CC1=O. The predicted octanol–water partition coefficient (Wildman–Crippen LogP) is 5.04. The maximum Gasteiger partial charge on any atom is 0.315 e. The quantitative estimate of drug-likeness (QED) is 0.146. The molecule has 0 radical (unpaired) electrons. The van der Waals surface area contributed by atoms with E-state index in [2.05, 4.69) is 28.2 Å². The maximum absolute atomic E-state index is 13.1. The highest BCUT2D eigenvalue weighted by Gasteiger charge is 2.25. The highest BCUT2D eigenvalue weighted by Crippen LogP contribution is 2.11. The fourth-order valence-corrected chi connectivity index (χ4v) is 4.82. The smallest absolute Gasteiger partial charge is 0.315 e. The average Bonchev–Trinajstić information content (AvgIpc) is 2.91. The van der Waals surface area contributed by atoms with Gasteiger partial charge < -0.3 is 21.3 Å². The predicted molar refractivity (Wildman–Crippen MR) is 162 cm³/mol. The molecule has 0 aromatic heterocycles. The van der Waals surface area contributed by atoms with E-state index < -0.39 is 12.1 Å². The highest BCUT2D eigenvalue weighted by atomic mass is 32.2. The van der Waals surface area contributed by atoms with Crippen molar-refractivity contribution in [2.45, 2.75) is 109 Å². The van der Waals surface area contributed by atoms with Crippen LogP contribution in [0.3, 0.4) is 0 Å². The van der Waals surface area contributed by atoms with Gasteiger partial charge in [-0.15, -0.1) is 0 Å². The molecule has 0 fully saturated rings. The molecule has 0 saturated heterocycles. The third kappa shape index (κ3) is 17.8. The average molecular weight is 565 g/mol. The van der Waals surface area contributed by atoms with Gasteiger partial charge in [-0.25, -0.2) is 4.79 Å². The Labute approximate surface area is 240 Å². The summed E-state index contributed by atoms with van der Waals surface area (Å²) in [6, 6.07) is -1.87. The fraction of sp³-hybridized carbons (Fsp3) is 0.733. The summed E-state index contributed by atoms with van der Waals surface area (Å²) in [5.41, 5.74) is 0. The van der Waals surface area contributed by atoms with E-state index in [9.17, 15) is 19.2 Å². The van der Waals surface area contributed by atoms with E-state index in [-0.39, 0.29) is 36.0 Å². The number of unbranched alkanes of at least 4 members (excludes halogenated alkanes) is 9. The highest BCUT2D eigenvalue weighted by molar-refractivity contribution is 7.98. The van der Waals surface area contributed by atoms with Crippen molar-refractivity contribution >= 4 is 35.4 Å². The molecule has 1 unspecified atom stereocenters. The molecule has 0 aromatic carbocycles. The van der Waals surface area contributed by atoms with Gasteiger partial charge in [-0.3, -0.25) is 14.4 Å². The van der Waals surface area contributed by atoms with Gasteiger partial charge in [-0.1, -0.05) is 89.9 Å². The molecule has 0 saturated carbocycles. The van der Waals surface area contributed by atoms with Crippen LogP contribution in [-0.2, 0) is 14.4 Å². The van der Waals surface area contributed by atoms with Crippen LogP contribution in [0.15, 0.2) is 24.3 Å². The van der Waals surface area contributed by atoms with Gasteiger partial charge >= 0.3 is 6.03 Å².